The number of nitrogens with two attached hydrogens (primary N) is 1. The smallest absolute Gasteiger partial charge is 0.226 e. The monoisotopic (exact) mass is 203 g/mol. The lowest BCUT2D eigenvalue weighted by Gasteiger charge is -2.09. The van der Waals surface area contributed by atoms with Gasteiger partial charge in [-0.25, -0.2) is 0 Å². The highest BCUT2D eigenvalue weighted by Crippen LogP contribution is 2.15. The summed E-state index contributed by atoms with van der Waals surface area (Å²) < 4.78 is 4.90. The Morgan fingerprint density at radius 3 is 2.73 bits per heavy atom. The fourth-order valence-electron chi connectivity index (χ4n) is 1.45. The fourth-order valence-corrected chi connectivity index (χ4v) is 1.45. The van der Waals surface area contributed by atoms with Gasteiger partial charge in [0, 0.05) is 12.5 Å². The Morgan fingerprint density at radius 2 is 2.07 bits per heavy atom. The summed E-state index contributed by atoms with van der Waals surface area (Å²) in [7, 11) is 0. The van der Waals surface area contributed by atoms with Gasteiger partial charge in [0.05, 0.1) is 0 Å². The number of nitrogens with zero attached hydrogens (tertiary/aromatic N) is 2. The zero-order chi connectivity index (χ0) is 10.5. The molecule has 0 fully saturated rings. The molecule has 1 unspecified atom stereocenters. The van der Waals surface area contributed by atoms with E-state index in [0.29, 0.717) is 5.89 Å². The van der Waals surface area contributed by atoms with E-state index in [2.05, 4.69) is 10.1 Å². The van der Waals surface area contributed by atoms with Gasteiger partial charge >= 0.3 is 0 Å². The molecule has 0 bridgehead atoms. The molecule has 1 aromatic carbocycles. The molecule has 78 valence electrons. The zero-order valence-corrected chi connectivity index (χ0v) is 8.34. The molecule has 1 aromatic heterocycles. The van der Waals surface area contributed by atoms with Gasteiger partial charge in [0.25, 0.3) is 0 Å². The summed E-state index contributed by atoms with van der Waals surface area (Å²) >= 11 is 0. The molecule has 0 radical (unpaired) electrons. The largest absolute Gasteiger partial charge is 0.340 e. The third-order valence-electron chi connectivity index (χ3n) is 2.30. The van der Waals surface area contributed by atoms with E-state index in [4.69, 9.17) is 10.3 Å². The van der Waals surface area contributed by atoms with Crippen LogP contribution in [0.1, 0.15) is 23.9 Å². The zero-order valence-electron chi connectivity index (χ0n) is 8.34. The van der Waals surface area contributed by atoms with Crippen LogP contribution in [-0.2, 0) is 6.42 Å². The van der Waals surface area contributed by atoms with Crippen molar-refractivity contribution in [3.8, 4) is 0 Å². The van der Waals surface area contributed by atoms with Gasteiger partial charge in [0.15, 0.2) is 6.33 Å². The van der Waals surface area contributed by atoms with Crippen molar-refractivity contribution in [3.05, 3.63) is 48.1 Å². The maximum atomic E-state index is 6.02. The Morgan fingerprint density at radius 1 is 1.27 bits per heavy atom. The van der Waals surface area contributed by atoms with Crippen LogP contribution < -0.4 is 5.73 Å². The summed E-state index contributed by atoms with van der Waals surface area (Å²) in [6.07, 6.45) is 2.94. The number of hydrogen-bond donors (Lipinski definition) is 1. The maximum Gasteiger partial charge on any atom is 0.226 e. The van der Waals surface area contributed by atoms with Gasteiger partial charge in [-0.3, -0.25) is 0 Å². The van der Waals surface area contributed by atoms with Crippen molar-refractivity contribution in [2.75, 3.05) is 0 Å². The number of aromatic nitrogens is 2. The van der Waals surface area contributed by atoms with E-state index in [1.807, 2.05) is 30.3 Å². The van der Waals surface area contributed by atoms with Crippen LogP contribution in [-0.4, -0.2) is 10.1 Å². The topological polar surface area (TPSA) is 64.9 Å². The van der Waals surface area contributed by atoms with Crippen LogP contribution in [0.3, 0.4) is 0 Å². The predicted molar refractivity (Wildman–Crippen MR) is 56.0 cm³/mol. The number of hydrogen-bond acceptors (Lipinski definition) is 4. The van der Waals surface area contributed by atoms with Gasteiger partial charge in [0.2, 0.25) is 5.89 Å². The Hall–Kier alpha value is -1.68. The molecule has 1 atom stereocenters. The second-order valence-electron chi connectivity index (χ2n) is 3.39. The first-order valence-electron chi connectivity index (χ1n) is 4.92. The van der Waals surface area contributed by atoms with Gasteiger partial charge < -0.3 is 10.3 Å². The van der Waals surface area contributed by atoms with Crippen LogP contribution in [0.15, 0.2) is 41.2 Å². The molecule has 0 saturated carbocycles. The number of benzene rings is 1. The SMILES string of the molecule is NC(CCc1ncno1)c1ccccc1. The molecule has 15 heavy (non-hydrogen) atoms. The molecule has 4 nitrogen and oxygen atoms in total. The summed E-state index contributed by atoms with van der Waals surface area (Å²) in [6, 6.07) is 10.0. The van der Waals surface area contributed by atoms with E-state index in [1.165, 1.54) is 6.33 Å². The summed E-state index contributed by atoms with van der Waals surface area (Å²) in [5.74, 6) is 0.640. The molecule has 0 aliphatic carbocycles. The Kier molecular flexibility index (Phi) is 3.09. The summed E-state index contributed by atoms with van der Waals surface area (Å²) in [5.41, 5.74) is 7.16. The minimum Gasteiger partial charge on any atom is -0.340 e. The van der Waals surface area contributed by atoms with E-state index >= 15 is 0 Å². The summed E-state index contributed by atoms with van der Waals surface area (Å²) in [5, 5.41) is 3.55. The van der Waals surface area contributed by atoms with Crippen molar-refractivity contribution in [2.24, 2.45) is 5.73 Å². The van der Waals surface area contributed by atoms with Crippen LogP contribution in [0, 0.1) is 0 Å². The maximum absolute atomic E-state index is 6.02. The summed E-state index contributed by atoms with van der Waals surface area (Å²) in [4.78, 5) is 3.95. The lowest BCUT2D eigenvalue weighted by Crippen LogP contribution is -2.11. The molecular formula is C11H13N3O. The van der Waals surface area contributed by atoms with E-state index in [-0.39, 0.29) is 6.04 Å². The van der Waals surface area contributed by atoms with Crippen LogP contribution in [0.2, 0.25) is 0 Å². The van der Waals surface area contributed by atoms with Crippen molar-refractivity contribution in [1.29, 1.82) is 0 Å². The van der Waals surface area contributed by atoms with Gasteiger partial charge in [-0.15, -0.1) is 0 Å². The Labute approximate surface area is 88.1 Å². The highest BCUT2D eigenvalue weighted by Gasteiger charge is 2.07. The Bertz CT molecular complexity index is 385. The second kappa shape index (κ2) is 4.70. The second-order valence-corrected chi connectivity index (χ2v) is 3.39. The van der Waals surface area contributed by atoms with Gasteiger partial charge in [0.1, 0.15) is 0 Å². The van der Waals surface area contributed by atoms with Crippen molar-refractivity contribution in [2.45, 2.75) is 18.9 Å². The lowest BCUT2D eigenvalue weighted by molar-refractivity contribution is 0.370. The minimum atomic E-state index is 0.0260. The molecule has 0 amide bonds. The first-order valence-corrected chi connectivity index (χ1v) is 4.92. The van der Waals surface area contributed by atoms with Crippen LogP contribution in [0.4, 0.5) is 0 Å². The van der Waals surface area contributed by atoms with Crippen LogP contribution in [0.25, 0.3) is 0 Å². The number of aryl methyl sites for hydroxylation is 1. The van der Waals surface area contributed by atoms with E-state index in [0.717, 1.165) is 18.4 Å². The Balaban J connectivity index is 1.90. The first-order chi connectivity index (χ1) is 7.36. The van der Waals surface area contributed by atoms with Gasteiger partial charge in [-0.2, -0.15) is 4.98 Å². The minimum absolute atomic E-state index is 0.0260. The van der Waals surface area contributed by atoms with Gasteiger partial charge in [-0.05, 0) is 12.0 Å². The molecule has 2 N–H and O–H groups in total. The van der Waals surface area contributed by atoms with Crippen LogP contribution >= 0.6 is 0 Å². The lowest BCUT2D eigenvalue weighted by atomic mass is 10.0. The van der Waals surface area contributed by atoms with Crippen molar-refractivity contribution in [3.63, 3.8) is 0 Å². The number of rotatable bonds is 4. The standard InChI is InChI=1S/C11H13N3O/c12-10(9-4-2-1-3-5-9)6-7-11-13-8-14-15-11/h1-5,8,10H,6-7,12H2. The molecular weight excluding hydrogens is 190 g/mol. The molecule has 0 saturated heterocycles. The molecule has 2 rings (SSSR count). The summed E-state index contributed by atoms with van der Waals surface area (Å²) in [6.45, 7) is 0. The highest BCUT2D eigenvalue weighted by molar-refractivity contribution is 5.18. The van der Waals surface area contributed by atoms with Crippen molar-refractivity contribution < 1.29 is 4.52 Å². The van der Waals surface area contributed by atoms with E-state index < -0.39 is 0 Å². The van der Waals surface area contributed by atoms with Crippen molar-refractivity contribution in [1.82, 2.24) is 10.1 Å². The van der Waals surface area contributed by atoms with E-state index in [1.54, 1.807) is 0 Å². The third kappa shape index (κ3) is 2.63. The molecule has 2 aromatic rings. The average Bonchev–Trinajstić information content (AvgIpc) is 2.80. The quantitative estimate of drug-likeness (QED) is 0.821. The predicted octanol–water partition coefficient (Wildman–Crippen LogP) is 1.70. The molecule has 4 heteroatoms. The average molecular weight is 203 g/mol. The molecule has 0 aliphatic rings. The highest BCUT2D eigenvalue weighted by atomic mass is 16.5. The fraction of sp³-hybridized carbons (Fsp3) is 0.273. The first kappa shape index (κ1) is 9.86. The third-order valence-corrected chi connectivity index (χ3v) is 2.30. The van der Waals surface area contributed by atoms with Crippen LogP contribution in [0.5, 0.6) is 0 Å². The molecule has 1 heterocycles. The van der Waals surface area contributed by atoms with Gasteiger partial charge in [-0.1, -0.05) is 35.5 Å². The van der Waals surface area contributed by atoms with E-state index in [9.17, 15) is 0 Å². The van der Waals surface area contributed by atoms with Crippen molar-refractivity contribution >= 4 is 0 Å². The normalized spacial score (nSPS) is 12.6. The molecule has 0 spiro atoms. The molecule has 0 aliphatic heterocycles.